The van der Waals surface area contributed by atoms with Gasteiger partial charge in [-0.05, 0) is 50.7 Å². The number of nitrogens with zero attached hydrogens (tertiary/aromatic N) is 2. The van der Waals surface area contributed by atoms with Crippen LogP contribution in [0, 0.1) is 0 Å². The molecule has 1 N–H and O–H groups in total. The fourth-order valence-electron chi connectivity index (χ4n) is 4.34. The quantitative estimate of drug-likeness (QED) is 0.885. The van der Waals surface area contributed by atoms with E-state index in [1.54, 1.807) is 0 Å². The lowest BCUT2D eigenvalue weighted by Gasteiger charge is -2.39. The Kier molecular flexibility index (Phi) is 4.85. The number of likely N-dealkylation sites (tertiary alicyclic amines) is 2. The largest absolute Gasteiger partial charge is 0.362 e. The zero-order valence-electron chi connectivity index (χ0n) is 15.2. The molecule has 0 aliphatic carbocycles. The number of urea groups is 1. The van der Waals surface area contributed by atoms with Crippen molar-refractivity contribution in [3.8, 4) is 0 Å². The first-order valence-electron chi connectivity index (χ1n) is 9.73. The van der Waals surface area contributed by atoms with Gasteiger partial charge >= 0.3 is 6.03 Å². The second-order valence-corrected chi connectivity index (χ2v) is 7.64. The van der Waals surface area contributed by atoms with Crippen LogP contribution in [-0.4, -0.2) is 59.6 Å². The van der Waals surface area contributed by atoms with Gasteiger partial charge in [-0.15, -0.1) is 0 Å². The number of ether oxygens (including phenoxy) is 1. The maximum absolute atomic E-state index is 12.6. The highest BCUT2D eigenvalue weighted by atomic mass is 16.5. The Morgan fingerprint density at radius 3 is 2.35 bits per heavy atom. The molecule has 3 heterocycles. The Morgan fingerprint density at radius 2 is 1.65 bits per heavy atom. The summed E-state index contributed by atoms with van der Waals surface area (Å²) in [6, 6.07) is 9.46. The Labute approximate surface area is 154 Å². The van der Waals surface area contributed by atoms with E-state index < -0.39 is 0 Å². The van der Waals surface area contributed by atoms with Crippen LogP contribution in [0.4, 0.5) is 10.5 Å². The number of hydrogen-bond acceptors (Lipinski definition) is 3. The van der Waals surface area contributed by atoms with Crippen LogP contribution in [0.15, 0.2) is 30.3 Å². The van der Waals surface area contributed by atoms with Crippen molar-refractivity contribution in [2.24, 2.45) is 0 Å². The SMILES string of the molecule is O=C(Nc1ccccc1)N1CCC2(CC[C@H](C(=O)N3CCCC3)O2)CC1. The van der Waals surface area contributed by atoms with Gasteiger partial charge in [0.25, 0.3) is 5.91 Å². The summed E-state index contributed by atoms with van der Waals surface area (Å²) in [5.41, 5.74) is 0.593. The third kappa shape index (κ3) is 3.56. The molecule has 1 spiro atoms. The van der Waals surface area contributed by atoms with Gasteiger partial charge in [-0.2, -0.15) is 0 Å². The van der Waals surface area contributed by atoms with Crippen molar-refractivity contribution in [2.45, 2.75) is 50.2 Å². The molecule has 6 nitrogen and oxygen atoms in total. The average Bonchev–Trinajstić information content (AvgIpc) is 3.33. The van der Waals surface area contributed by atoms with Crippen molar-refractivity contribution < 1.29 is 14.3 Å². The number of nitrogens with one attached hydrogen (secondary N) is 1. The van der Waals surface area contributed by atoms with Crippen molar-refractivity contribution in [1.82, 2.24) is 9.80 Å². The molecule has 26 heavy (non-hydrogen) atoms. The first-order chi connectivity index (χ1) is 12.7. The summed E-state index contributed by atoms with van der Waals surface area (Å²) in [5.74, 6) is 0.170. The van der Waals surface area contributed by atoms with Gasteiger partial charge in [0, 0.05) is 31.9 Å². The highest BCUT2D eigenvalue weighted by molar-refractivity contribution is 5.89. The van der Waals surface area contributed by atoms with E-state index in [1.165, 1.54) is 0 Å². The van der Waals surface area contributed by atoms with Gasteiger partial charge in [0.15, 0.2) is 0 Å². The minimum absolute atomic E-state index is 0.0614. The Hall–Kier alpha value is -2.08. The highest BCUT2D eigenvalue weighted by Crippen LogP contribution is 2.39. The second kappa shape index (κ2) is 7.27. The predicted molar refractivity (Wildman–Crippen MR) is 98.9 cm³/mol. The number of carbonyl (C=O) groups is 2. The molecule has 3 aliphatic rings. The summed E-state index contributed by atoms with van der Waals surface area (Å²) in [6.07, 6.45) is 5.27. The van der Waals surface area contributed by atoms with Gasteiger partial charge in [-0.1, -0.05) is 18.2 Å². The molecule has 1 aromatic rings. The summed E-state index contributed by atoms with van der Waals surface area (Å²) in [5, 5.41) is 2.94. The lowest BCUT2D eigenvalue weighted by molar-refractivity contribution is -0.149. The van der Waals surface area contributed by atoms with E-state index in [4.69, 9.17) is 4.74 Å². The average molecular weight is 357 g/mol. The molecule has 0 unspecified atom stereocenters. The summed E-state index contributed by atoms with van der Waals surface area (Å²) in [6.45, 7) is 3.09. The van der Waals surface area contributed by atoms with Gasteiger partial charge < -0.3 is 19.9 Å². The standard InChI is InChI=1S/C20H27N3O3/c24-18(22-12-4-5-13-22)17-8-9-20(26-17)10-14-23(15-11-20)19(25)21-16-6-2-1-3-7-16/h1-3,6-7,17H,4-5,8-15H2,(H,21,25)/t17-/m1/s1. The minimum Gasteiger partial charge on any atom is -0.362 e. The zero-order chi connectivity index (χ0) is 18.0. The molecule has 1 aromatic carbocycles. The van der Waals surface area contributed by atoms with Crippen LogP contribution >= 0.6 is 0 Å². The van der Waals surface area contributed by atoms with Crippen molar-refractivity contribution in [2.75, 3.05) is 31.5 Å². The van der Waals surface area contributed by atoms with Crippen molar-refractivity contribution in [1.29, 1.82) is 0 Å². The number of carbonyl (C=O) groups excluding carboxylic acids is 2. The molecular formula is C20H27N3O3. The van der Waals surface area contributed by atoms with Crippen LogP contribution in [0.5, 0.6) is 0 Å². The first kappa shape index (κ1) is 17.3. The topological polar surface area (TPSA) is 61.9 Å². The minimum atomic E-state index is -0.280. The lowest BCUT2D eigenvalue weighted by atomic mass is 9.88. The van der Waals surface area contributed by atoms with Gasteiger partial charge in [0.1, 0.15) is 6.10 Å². The molecule has 3 amide bonds. The number of hydrogen-bond donors (Lipinski definition) is 1. The van der Waals surface area contributed by atoms with Crippen LogP contribution in [0.3, 0.4) is 0 Å². The normalized spacial score (nSPS) is 24.8. The molecule has 0 bridgehead atoms. The lowest BCUT2D eigenvalue weighted by Crippen LogP contribution is -2.48. The number of anilines is 1. The third-order valence-electron chi connectivity index (χ3n) is 5.93. The molecule has 3 fully saturated rings. The molecular weight excluding hydrogens is 330 g/mol. The Balaban J connectivity index is 1.29. The van der Waals surface area contributed by atoms with E-state index in [2.05, 4.69) is 5.32 Å². The van der Waals surface area contributed by atoms with Crippen LogP contribution < -0.4 is 5.32 Å². The maximum Gasteiger partial charge on any atom is 0.321 e. The van der Waals surface area contributed by atoms with Gasteiger partial charge in [-0.25, -0.2) is 4.79 Å². The molecule has 6 heteroatoms. The molecule has 0 saturated carbocycles. The third-order valence-corrected chi connectivity index (χ3v) is 5.93. The summed E-state index contributed by atoms with van der Waals surface area (Å²) in [4.78, 5) is 28.8. The molecule has 140 valence electrons. The van der Waals surface area contributed by atoms with E-state index in [9.17, 15) is 9.59 Å². The van der Waals surface area contributed by atoms with E-state index in [0.29, 0.717) is 13.1 Å². The van der Waals surface area contributed by atoms with E-state index in [1.807, 2.05) is 40.1 Å². The van der Waals surface area contributed by atoms with Gasteiger partial charge in [-0.3, -0.25) is 4.79 Å². The molecule has 0 aromatic heterocycles. The zero-order valence-corrected chi connectivity index (χ0v) is 15.2. The maximum atomic E-state index is 12.6. The molecule has 3 saturated heterocycles. The van der Waals surface area contributed by atoms with Crippen LogP contribution in [0.1, 0.15) is 38.5 Å². The predicted octanol–water partition coefficient (Wildman–Crippen LogP) is 2.85. The highest BCUT2D eigenvalue weighted by Gasteiger charge is 2.46. The fourth-order valence-corrected chi connectivity index (χ4v) is 4.34. The summed E-state index contributed by atoms with van der Waals surface area (Å²) >= 11 is 0. The fraction of sp³-hybridized carbons (Fsp3) is 0.600. The Bertz CT molecular complexity index is 650. The molecule has 1 atom stereocenters. The van der Waals surface area contributed by atoms with Crippen molar-refractivity contribution in [3.05, 3.63) is 30.3 Å². The number of benzene rings is 1. The monoisotopic (exact) mass is 357 g/mol. The number of amides is 3. The molecule has 3 aliphatic heterocycles. The Morgan fingerprint density at radius 1 is 0.962 bits per heavy atom. The first-order valence-corrected chi connectivity index (χ1v) is 9.73. The van der Waals surface area contributed by atoms with Crippen LogP contribution in [0.2, 0.25) is 0 Å². The van der Waals surface area contributed by atoms with Gasteiger partial charge in [0.2, 0.25) is 0 Å². The van der Waals surface area contributed by atoms with Crippen LogP contribution in [0.25, 0.3) is 0 Å². The summed E-state index contributed by atoms with van der Waals surface area (Å²) in [7, 11) is 0. The molecule has 0 radical (unpaired) electrons. The van der Waals surface area contributed by atoms with Crippen molar-refractivity contribution >= 4 is 17.6 Å². The van der Waals surface area contributed by atoms with Crippen LogP contribution in [-0.2, 0) is 9.53 Å². The number of piperidine rings is 1. The second-order valence-electron chi connectivity index (χ2n) is 7.64. The van der Waals surface area contributed by atoms with Gasteiger partial charge in [0.05, 0.1) is 5.60 Å². The van der Waals surface area contributed by atoms with Crippen molar-refractivity contribution in [3.63, 3.8) is 0 Å². The van der Waals surface area contributed by atoms with E-state index in [-0.39, 0.29) is 23.6 Å². The summed E-state index contributed by atoms with van der Waals surface area (Å²) < 4.78 is 6.26. The smallest absolute Gasteiger partial charge is 0.321 e. The molecule has 4 rings (SSSR count). The van der Waals surface area contributed by atoms with E-state index >= 15 is 0 Å². The number of rotatable bonds is 2. The number of para-hydroxylation sites is 1. The van der Waals surface area contributed by atoms with E-state index in [0.717, 1.165) is 57.3 Å².